The molecule has 1 amide bonds. The summed E-state index contributed by atoms with van der Waals surface area (Å²) in [5, 5.41) is 12.6. The molecule has 0 aromatic heterocycles. The Kier molecular flexibility index (Phi) is 3.94. The van der Waals surface area contributed by atoms with Crippen LogP contribution in [0.2, 0.25) is 0 Å². The molecule has 0 bridgehead atoms. The molecule has 0 aliphatic carbocycles. The fourth-order valence-corrected chi connectivity index (χ4v) is 1.89. The first-order chi connectivity index (χ1) is 9.47. The highest BCUT2D eigenvalue weighted by atomic mass is 16.3. The highest BCUT2D eigenvalue weighted by Gasteiger charge is 2.11. The molecule has 2 aromatic carbocycles. The van der Waals surface area contributed by atoms with Gasteiger partial charge in [-0.2, -0.15) is 0 Å². The van der Waals surface area contributed by atoms with E-state index in [4.69, 9.17) is 0 Å². The summed E-state index contributed by atoms with van der Waals surface area (Å²) in [6, 6.07) is 12.5. The number of nitrogens with one attached hydrogen (secondary N) is 1. The molecule has 2 aromatic rings. The van der Waals surface area contributed by atoms with E-state index in [-0.39, 0.29) is 17.2 Å². The maximum Gasteiger partial charge on any atom is 0.259 e. The molecule has 20 heavy (non-hydrogen) atoms. The van der Waals surface area contributed by atoms with Crippen LogP contribution in [0.5, 0.6) is 5.75 Å². The lowest BCUT2D eigenvalue weighted by atomic mass is 10.1. The number of carbonyl (C=O) groups is 1. The van der Waals surface area contributed by atoms with Crippen molar-refractivity contribution >= 4 is 17.3 Å². The minimum Gasteiger partial charge on any atom is -0.507 e. The Morgan fingerprint density at radius 3 is 2.60 bits per heavy atom. The van der Waals surface area contributed by atoms with Gasteiger partial charge >= 0.3 is 0 Å². The predicted molar refractivity (Wildman–Crippen MR) is 81.6 cm³/mol. The highest BCUT2D eigenvalue weighted by molar-refractivity contribution is 6.06. The molecular formula is C16H18N2O2. The molecule has 2 N–H and O–H groups in total. The van der Waals surface area contributed by atoms with Crippen LogP contribution < -0.4 is 10.2 Å². The number of aryl methyl sites for hydroxylation is 1. The lowest BCUT2D eigenvalue weighted by molar-refractivity contribution is 0.102. The van der Waals surface area contributed by atoms with Crippen molar-refractivity contribution in [1.29, 1.82) is 0 Å². The van der Waals surface area contributed by atoms with Gasteiger partial charge in [-0.3, -0.25) is 4.79 Å². The monoisotopic (exact) mass is 270 g/mol. The molecule has 0 aliphatic rings. The van der Waals surface area contributed by atoms with Gasteiger partial charge in [-0.05, 0) is 37.3 Å². The molecule has 0 heterocycles. The fourth-order valence-electron chi connectivity index (χ4n) is 1.89. The van der Waals surface area contributed by atoms with Crippen LogP contribution >= 0.6 is 0 Å². The number of rotatable bonds is 3. The van der Waals surface area contributed by atoms with E-state index in [1.165, 1.54) is 6.07 Å². The van der Waals surface area contributed by atoms with Gasteiger partial charge in [0.15, 0.2) is 0 Å². The summed E-state index contributed by atoms with van der Waals surface area (Å²) in [6.45, 7) is 1.88. The van der Waals surface area contributed by atoms with E-state index in [9.17, 15) is 9.90 Å². The van der Waals surface area contributed by atoms with Crippen molar-refractivity contribution in [3.05, 3.63) is 53.6 Å². The standard InChI is InChI=1S/C16H18N2O2/c1-11-7-8-15(19)14(9-11)16(20)17-12-5-4-6-13(10-12)18(2)3/h4-10,19H,1-3H3,(H,17,20). The van der Waals surface area contributed by atoms with Crippen LogP contribution in [0.15, 0.2) is 42.5 Å². The van der Waals surface area contributed by atoms with Crippen LogP contribution in [0.3, 0.4) is 0 Å². The zero-order valence-corrected chi connectivity index (χ0v) is 11.8. The van der Waals surface area contributed by atoms with E-state index in [1.54, 1.807) is 12.1 Å². The summed E-state index contributed by atoms with van der Waals surface area (Å²) in [5.41, 5.74) is 2.90. The summed E-state index contributed by atoms with van der Waals surface area (Å²) in [6.07, 6.45) is 0. The predicted octanol–water partition coefficient (Wildman–Crippen LogP) is 3.02. The van der Waals surface area contributed by atoms with E-state index in [0.717, 1.165) is 11.3 Å². The second kappa shape index (κ2) is 5.65. The number of hydrogen-bond acceptors (Lipinski definition) is 3. The van der Waals surface area contributed by atoms with Crippen LogP contribution in [-0.2, 0) is 0 Å². The first-order valence-corrected chi connectivity index (χ1v) is 6.36. The Morgan fingerprint density at radius 2 is 1.90 bits per heavy atom. The number of nitrogens with zero attached hydrogens (tertiary/aromatic N) is 1. The van der Waals surface area contributed by atoms with Gasteiger partial charge < -0.3 is 15.3 Å². The molecule has 104 valence electrons. The Hall–Kier alpha value is -2.49. The second-order valence-electron chi connectivity index (χ2n) is 4.92. The minimum atomic E-state index is -0.317. The molecule has 0 aliphatic heterocycles. The Labute approximate surface area is 118 Å². The van der Waals surface area contributed by atoms with Gasteiger partial charge in [0.1, 0.15) is 5.75 Å². The van der Waals surface area contributed by atoms with Crippen LogP contribution in [0.25, 0.3) is 0 Å². The lowest BCUT2D eigenvalue weighted by Gasteiger charge is -2.14. The van der Waals surface area contributed by atoms with Gasteiger partial charge in [0.25, 0.3) is 5.91 Å². The number of phenolic OH excluding ortho intramolecular Hbond substituents is 1. The molecule has 0 fully saturated rings. The van der Waals surface area contributed by atoms with Crippen molar-refractivity contribution in [2.75, 3.05) is 24.3 Å². The van der Waals surface area contributed by atoms with Gasteiger partial charge in [-0.1, -0.05) is 17.7 Å². The van der Waals surface area contributed by atoms with Crippen LogP contribution in [0, 0.1) is 6.92 Å². The summed E-state index contributed by atoms with van der Waals surface area (Å²) in [4.78, 5) is 14.1. The van der Waals surface area contributed by atoms with Crippen LogP contribution in [0.4, 0.5) is 11.4 Å². The SMILES string of the molecule is Cc1ccc(O)c(C(=O)Nc2cccc(N(C)C)c2)c1. The van der Waals surface area contributed by atoms with Gasteiger partial charge in [-0.15, -0.1) is 0 Å². The van der Waals surface area contributed by atoms with Crippen LogP contribution in [0.1, 0.15) is 15.9 Å². The van der Waals surface area contributed by atoms with E-state index in [1.807, 2.05) is 50.2 Å². The van der Waals surface area contributed by atoms with Crippen LogP contribution in [-0.4, -0.2) is 25.1 Å². The summed E-state index contributed by atoms with van der Waals surface area (Å²) >= 11 is 0. The molecule has 0 radical (unpaired) electrons. The van der Waals surface area contributed by atoms with Crippen molar-refractivity contribution in [1.82, 2.24) is 0 Å². The van der Waals surface area contributed by atoms with E-state index in [0.29, 0.717) is 5.69 Å². The van der Waals surface area contributed by atoms with Crippen molar-refractivity contribution in [3.63, 3.8) is 0 Å². The molecule has 4 heteroatoms. The number of amides is 1. The minimum absolute atomic E-state index is 0.0168. The van der Waals surface area contributed by atoms with Crippen molar-refractivity contribution in [3.8, 4) is 5.75 Å². The third kappa shape index (κ3) is 3.09. The number of phenols is 1. The molecule has 0 saturated carbocycles. The normalized spacial score (nSPS) is 10.2. The largest absolute Gasteiger partial charge is 0.507 e. The molecule has 0 spiro atoms. The van der Waals surface area contributed by atoms with Gasteiger partial charge in [0.05, 0.1) is 5.56 Å². The van der Waals surface area contributed by atoms with Gasteiger partial charge in [-0.25, -0.2) is 0 Å². The molecule has 2 rings (SSSR count). The number of hydrogen-bond donors (Lipinski definition) is 2. The summed E-state index contributed by atoms with van der Waals surface area (Å²) in [5.74, 6) is -0.334. The maximum absolute atomic E-state index is 12.2. The van der Waals surface area contributed by atoms with E-state index in [2.05, 4.69) is 5.32 Å². The maximum atomic E-state index is 12.2. The molecule has 0 saturated heterocycles. The number of benzene rings is 2. The first-order valence-electron chi connectivity index (χ1n) is 6.36. The number of anilines is 2. The zero-order valence-electron chi connectivity index (χ0n) is 11.8. The van der Waals surface area contributed by atoms with Crippen molar-refractivity contribution in [2.24, 2.45) is 0 Å². The van der Waals surface area contributed by atoms with Crippen molar-refractivity contribution < 1.29 is 9.90 Å². The molecule has 0 atom stereocenters. The number of carbonyl (C=O) groups excluding carboxylic acids is 1. The summed E-state index contributed by atoms with van der Waals surface area (Å²) in [7, 11) is 3.88. The average Bonchev–Trinajstić information content (AvgIpc) is 2.41. The van der Waals surface area contributed by atoms with E-state index < -0.39 is 0 Å². The van der Waals surface area contributed by atoms with Gasteiger partial charge in [0, 0.05) is 25.5 Å². The topological polar surface area (TPSA) is 52.6 Å². The highest BCUT2D eigenvalue weighted by Crippen LogP contribution is 2.22. The zero-order chi connectivity index (χ0) is 14.7. The third-order valence-electron chi connectivity index (χ3n) is 3.02. The molecular weight excluding hydrogens is 252 g/mol. The lowest BCUT2D eigenvalue weighted by Crippen LogP contribution is -2.13. The quantitative estimate of drug-likeness (QED) is 0.901. The van der Waals surface area contributed by atoms with Crippen molar-refractivity contribution in [2.45, 2.75) is 6.92 Å². The second-order valence-corrected chi connectivity index (χ2v) is 4.92. The summed E-state index contributed by atoms with van der Waals surface area (Å²) < 4.78 is 0. The van der Waals surface area contributed by atoms with E-state index >= 15 is 0 Å². The molecule has 0 unspecified atom stereocenters. The first kappa shape index (κ1) is 13.9. The Balaban J connectivity index is 2.23. The smallest absolute Gasteiger partial charge is 0.259 e. The Morgan fingerprint density at radius 1 is 1.15 bits per heavy atom. The fraction of sp³-hybridized carbons (Fsp3) is 0.188. The molecule has 4 nitrogen and oxygen atoms in total. The van der Waals surface area contributed by atoms with Gasteiger partial charge in [0.2, 0.25) is 0 Å². The third-order valence-corrected chi connectivity index (χ3v) is 3.02. The average molecular weight is 270 g/mol. The Bertz CT molecular complexity index is 636. The number of aromatic hydroxyl groups is 1.